The molecule has 9 heteroatoms. The highest BCUT2D eigenvalue weighted by atomic mass is 19.4. The van der Waals surface area contributed by atoms with Gasteiger partial charge in [-0.15, -0.1) is 0 Å². The molecule has 2 aromatic carbocycles. The van der Waals surface area contributed by atoms with Crippen molar-refractivity contribution in [2.75, 3.05) is 23.4 Å². The van der Waals surface area contributed by atoms with Crippen LogP contribution in [0.2, 0.25) is 0 Å². The van der Waals surface area contributed by atoms with Crippen LogP contribution in [0.15, 0.2) is 42.5 Å². The predicted molar refractivity (Wildman–Crippen MR) is 112 cm³/mol. The number of H-pyrrole nitrogens is 1. The Balaban J connectivity index is 1.37. The number of nitrogens with one attached hydrogen (secondary N) is 2. The van der Waals surface area contributed by atoms with Gasteiger partial charge in [-0.05, 0) is 55.2 Å². The maximum absolute atomic E-state index is 12.6. The average Bonchev–Trinajstić information content (AvgIpc) is 3.38. The lowest BCUT2D eigenvalue weighted by atomic mass is 10.1. The highest BCUT2D eigenvalue weighted by Crippen LogP contribution is 2.29. The number of carbonyl (C=O) groups excluding carboxylic acids is 1. The van der Waals surface area contributed by atoms with Crippen molar-refractivity contribution in [2.24, 2.45) is 0 Å². The summed E-state index contributed by atoms with van der Waals surface area (Å²) in [6.07, 6.45) is -1.94. The van der Waals surface area contributed by atoms with Gasteiger partial charge in [-0.3, -0.25) is 4.79 Å². The van der Waals surface area contributed by atoms with Gasteiger partial charge in [0.25, 0.3) is 0 Å². The van der Waals surface area contributed by atoms with Gasteiger partial charge in [-0.1, -0.05) is 12.1 Å². The zero-order valence-electron chi connectivity index (χ0n) is 16.7. The largest absolute Gasteiger partial charge is 0.416 e. The molecule has 0 bridgehead atoms. The van der Waals surface area contributed by atoms with Crippen LogP contribution in [0.4, 0.5) is 24.8 Å². The fourth-order valence-corrected chi connectivity index (χ4v) is 3.86. The van der Waals surface area contributed by atoms with E-state index in [1.165, 1.54) is 12.1 Å². The lowest BCUT2D eigenvalue weighted by molar-refractivity contribution is -0.137. The number of hydrogen-bond acceptors (Lipinski definition) is 4. The summed E-state index contributed by atoms with van der Waals surface area (Å²) in [6.45, 7) is 0.913. The van der Waals surface area contributed by atoms with Crippen LogP contribution in [0.1, 0.15) is 30.4 Å². The predicted octanol–water partition coefficient (Wildman–Crippen LogP) is 4.11. The molecule has 1 fully saturated rings. The molecule has 164 valence electrons. The Morgan fingerprint density at radius 3 is 2.71 bits per heavy atom. The van der Waals surface area contributed by atoms with Crippen molar-refractivity contribution in [1.82, 2.24) is 9.97 Å². The number of anilines is 2. The number of aliphatic hydroxyl groups is 1. The highest BCUT2D eigenvalue weighted by Gasteiger charge is 2.30. The van der Waals surface area contributed by atoms with Gasteiger partial charge in [-0.2, -0.15) is 13.2 Å². The van der Waals surface area contributed by atoms with Gasteiger partial charge in [0.15, 0.2) is 0 Å². The molecular weight excluding hydrogens is 409 g/mol. The zero-order chi connectivity index (χ0) is 22.0. The van der Waals surface area contributed by atoms with Gasteiger partial charge in [-0.25, -0.2) is 4.98 Å². The van der Waals surface area contributed by atoms with E-state index in [1.54, 1.807) is 12.1 Å². The van der Waals surface area contributed by atoms with Crippen molar-refractivity contribution in [1.29, 1.82) is 0 Å². The van der Waals surface area contributed by atoms with Crippen LogP contribution in [-0.4, -0.2) is 40.2 Å². The molecule has 0 saturated carbocycles. The van der Waals surface area contributed by atoms with Crippen molar-refractivity contribution < 1.29 is 23.1 Å². The number of amides is 1. The number of imidazole rings is 1. The van der Waals surface area contributed by atoms with E-state index in [-0.39, 0.29) is 25.0 Å². The number of benzene rings is 2. The number of aromatic amines is 1. The van der Waals surface area contributed by atoms with Crippen LogP contribution in [0.5, 0.6) is 0 Å². The molecule has 4 rings (SSSR count). The summed E-state index contributed by atoms with van der Waals surface area (Å²) >= 11 is 0. The van der Waals surface area contributed by atoms with Crippen LogP contribution >= 0.6 is 0 Å². The normalized spacial score (nSPS) is 16.8. The van der Waals surface area contributed by atoms with E-state index in [1.807, 2.05) is 6.07 Å². The van der Waals surface area contributed by atoms with Crippen molar-refractivity contribution in [3.63, 3.8) is 0 Å². The van der Waals surface area contributed by atoms with E-state index in [0.717, 1.165) is 42.6 Å². The number of aryl methyl sites for hydroxylation is 1. The Bertz CT molecular complexity index is 1060. The number of fused-ring (bicyclic) bond motifs is 1. The minimum absolute atomic E-state index is 0.0601. The molecule has 0 unspecified atom stereocenters. The third-order valence-electron chi connectivity index (χ3n) is 5.54. The standard InChI is InChI=1S/C22H23F3N4O2/c23-22(24,25)15-6-3-14(4-7-15)5-10-20(31)26-16-8-9-18-19(12-16)28-21(27-18)29-11-1-2-17(29)13-30/h3-4,6-9,12,17,30H,1-2,5,10-11,13H2,(H,26,31)(H,27,28)/t17-/m0/s1. The highest BCUT2D eigenvalue weighted by molar-refractivity contribution is 5.93. The maximum atomic E-state index is 12.6. The summed E-state index contributed by atoms with van der Waals surface area (Å²) in [5, 5.41) is 12.3. The van der Waals surface area contributed by atoms with Gasteiger partial charge in [0.1, 0.15) is 0 Å². The molecule has 1 saturated heterocycles. The molecule has 1 aromatic heterocycles. The quantitative estimate of drug-likeness (QED) is 0.548. The Kier molecular flexibility index (Phi) is 5.86. The Hall–Kier alpha value is -3.07. The van der Waals surface area contributed by atoms with E-state index in [2.05, 4.69) is 20.2 Å². The average molecular weight is 432 g/mol. The lowest BCUT2D eigenvalue weighted by Crippen LogP contribution is -2.32. The second kappa shape index (κ2) is 8.58. The van der Waals surface area contributed by atoms with Crippen molar-refractivity contribution in [3.8, 4) is 0 Å². The van der Waals surface area contributed by atoms with Gasteiger partial charge in [0.2, 0.25) is 11.9 Å². The third-order valence-corrected chi connectivity index (χ3v) is 5.54. The molecule has 6 nitrogen and oxygen atoms in total. The first-order valence-electron chi connectivity index (χ1n) is 10.2. The number of hydrogen-bond donors (Lipinski definition) is 3. The SMILES string of the molecule is O=C(CCc1ccc(C(F)(F)F)cc1)Nc1ccc2nc(N3CCC[C@H]3CO)[nH]c2c1. The molecule has 3 aromatic rings. The number of nitrogens with zero attached hydrogens (tertiary/aromatic N) is 2. The molecule has 1 atom stereocenters. The van der Waals surface area contributed by atoms with Gasteiger partial charge in [0, 0.05) is 18.7 Å². The maximum Gasteiger partial charge on any atom is 0.416 e. The second-order valence-electron chi connectivity index (χ2n) is 7.71. The molecule has 0 spiro atoms. The monoisotopic (exact) mass is 432 g/mol. The smallest absolute Gasteiger partial charge is 0.394 e. The number of aliphatic hydroxyl groups excluding tert-OH is 1. The lowest BCUT2D eigenvalue weighted by Gasteiger charge is -2.21. The minimum atomic E-state index is -4.37. The molecule has 1 aliphatic rings. The summed E-state index contributed by atoms with van der Waals surface area (Å²) in [5.74, 6) is 0.483. The molecular formula is C22H23F3N4O2. The number of aromatic nitrogens is 2. The van der Waals surface area contributed by atoms with Crippen LogP contribution in [0, 0.1) is 0 Å². The summed E-state index contributed by atoms with van der Waals surface area (Å²) in [6, 6.07) is 10.3. The van der Waals surface area contributed by atoms with Crippen molar-refractivity contribution in [2.45, 2.75) is 37.9 Å². The molecule has 0 aliphatic carbocycles. The number of rotatable bonds is 6. The first-order chi connectivity index (χ1) is 14.8. The topological polar surface area (TPSA) is 81.2 Å². The second-order valence-corrected chi connectivity index (χ2v) is 7.71. The summed E-state index contributed by atoms with van der Waals surface area (Å²) in [5.41, 5.74) is 2.12. The van der Waals surface area contributed by atoms with E-state index in [4.69, 9.17) is 0 Å². The number of halogens is 3. The fourth-order valence-electron chi connectivity index (χ4n) is 3.86. The van der Waals surface area contributed by atoms with Crippen LogP contribution < -0.4 is 10.2 Å². The van der Waals surface area contributed by atoms with E-state index in [9.17, 15) is 23.1 Å². The van der Waals surface area contributed by atoms with Gasteiger partial charge in [0.05, 0.1) is 29.2 Å². The van der Waals surface area contributed by atoms with Crippen LogP contribution in [0.25, 0.3) is 11.0 Å². The van der Waals surface area contributed by atoms with E-state index >= 15 is 0 Å². The van der Waals surface area contributed by atoms with Crippen molar-refractivity contribution >= 4 is 28.6 Å². The number of alkyl halides is 3. The molecule has 0 radical (unpaired) electrons. The first-order valence-corrected chi connectivity index (χ1v) is 10.2. The zero-order valence-corrected chi connectivity index (χ0v) is 16.7. The van der Waals surface area contributed by atoms with Crippen LogP contribution in [-0.2, 0) is 17.4 Å². The third kappa shape index (κ3) is 4.82. The summed E-state index contributed by atoms with van der Waals surface area (Å²) in [4.78, 5) is 22.2. The fraction of sp³-hybridized carbons (Fsp3) is 0.364. The molecule has 3 N–H and O–H groups in total. The molecule has 2 heterocycles. The Morgan fingerprint density at radius 2 is 2.00 bits per heavy atom. The minimum Gasteiger partial charge on any atom is -0.394 e. The Labute approximate surface area is 177 Å². The van der Waals surface area contributed by atoms with Gasteiger partial charge >= 0.3 is 6.18 Å². The Morgan fingerprint density at radius 1 is 1.23 bits per heavy atom. The molecule has 1 aliphatic heterocycles. The van der Waals surface area contributed by atoms with E-state index in [0.29, 0.717) is 23.6 Å². The summed E-state index contributed by atoms with van der Waals surface area (Å²) < 4.78 is 37.9. The number of carbonyl (C=O) groups is 1. The van der Waals surface area contributed by atoms with Crippen molar-refractivity contribution in [3.05, 3.63) is 53.6 Å². The summed E-state index contributed by atoms with van der Waals surface area (Å²) in [7, 11) is 0. The first kappa shape index (κ1) is 21.2. The van der Waals surface area contributed by atoms with Gasteiger partial charge < -0.3 is 20.3 Å². The van der Waals surface area contributed by atoms with Crippen LogP contribution in [0.3, 0.4) is 0 Å². The molecule has 31 heavy (non-hydrogen) atoms. The van der Waals surface area contributed by atoms with E-state index < -0.39 is 11.7 Å². The molecule has 1 amide bonds.